The van der Waals surface area contributed by atoms with Crippen molar-refractivity contribution in [1.29, 1.82) is 0 Å². The number of likely N-dealkylation sites (tertiary alicyclic amines) is 1. The van der Waals surface area contributed by atoms with Crippen LogP contribution < -0.4 is 0 Å². The molecule has 1 aliphatic heterocycles. The quantitative estimate of drug-likeness (QED) is 0.589. The topological polar surface area (TPSA) is 20.3 Å². The van der Waals surface area contributed by atoms with Gasteiger partial charge in [-0.15, -0.1) is 0 Å². The molecule has 0 amide bonds. The molecule has 76 valence electrons. The molecule has 0 radical (unpaired) electrons. The molecule has 0 bridgehead atoms. The monoisotopic (exact) mass is 191 g/mol. The second kappa shape index (κ2) is 4.50. The third-order valence-electron chi connectivity index (χ3n) is 3.17. The second-order valence-electron chi connectivity index (χ2n) is 4.28. The zero-order valence-electron chi connectivity index (χ0n) is 8.59. The molecule has 0 aromatic rings. The summed E-state index contributed by atoms with van der Waals surface area (Å²) in [7, 11) is 0. The summed E-state index contributed by atoms with van der Waals surface area (Å²) in [6.45, 7) is 2.09. The van der Waals surface area contributed by atoms with Gasteiger partial charge in [-0.05, 0) is 38.0 Å². The van der Waals surface area contributed by atoms with E-state index in [0.29, 0.717) is 0 Å². The van der Waals surface area contributed by atoms with Crippen molar-refractivity contribution in [3.8, 4) is 12.0 Å². The van der Waals surface area contributed by atoms with Crippen LogP contribution in [0.2, 0.25) is 0 Å². The Kier molecular flexibility index (Phi) is 3.08. The number of rotatable bonds is 1. The minimum Gasteiger partial charge on any atom is -0.332 e. The van der Waals surface area contributed by atoms with E-state index in [1.54, 1.807) is 0 Å². The van der Waals surface area contributed by atoms with Crippen molar-refractivity contribution in [3.63, 3.8) is 0 Å². The van der Waals surface area contributed by atoms with Gasteiger partial charge in [-0.3, -0.25) is 4.79 Å². The number of carbonyl (C=O) groups excluding carboxylic acids is 1. The van der Waals surface area contributed by atoms with Gasteiger partial charge in [-0.1, -0.05) is 6.42 Å². The van der Waals surface area contributed by atoms with Gasteiger partial charge in [-0.25, -0.2) is 0 Å². The summed E-state index contributed by atoms with van der Waals surface area (Å²) in [6, 6.07) is 3.00. The van der Waals surface area contributed by atoms with Gasteiger partial charge in [0.2, 0.25) is 5.78 Å². The normalized spacial score (nSPS) is 22.1. The molecule has 0 aromatic heterocycles. The molecule has 2 fully saturated rings. The average molecular weight is 191 g/mol. The number of hydrogen-bond donors (Lipinski definition) is 0. The van der Waals surface area contributed by atoms with E-state index in [2.05, 4.69) is 16.9 Å². The molecule has 1 aliphatic carbocycles. The molecule has 1 saturated heterocycles. The molecular formula is C12H17NO. The molecule has 2 aliphatic rings. The molecular weight excluding hydrogens is 174 g/mol. The molecule has 2 nitrogen and oxygen atoms in total. The largest absolute Gasteiger partial charge is 0.332 e. The van der Waals surface area contributed by atoms with Gasteiger partial charge in [0.05, 0.1) is 0 Å². The summed E-state index contributed by atoms with van der Waals surface area (Å²) >= 11 is 0. The molecule has 1 saturated carbocycles. The lowest BCUT2D eigenvalue weighted by Crippen LogP contribution is -2.26. The van der Waals surface area contributed by atoms with Crippen molar-refractivity contribution in [1.82, 2.24) is 4.90 Å². The maximum Gasteiger partial charge on any atom is 0.210 e. The van der Waals surface area contributed by atoms with Crippen LogP contribution in [0.5, 0.6) is 0 Å². The highest BCUT2D eigenvalue weighted by Gasteiger charge is 2.23. The van der Waals surface area contributed by atoms with Gasteiger partial charge in [0.1, 0.15) is 0 Å². The maximum absolute atomic E-state index is 11.5. The van der Waals surface area contributed by atoms with Crippen molar-refractivity contribution >= 4 is 5.78 Å². The van der Waals surface area contributed by atoms with Crippen molar-refractivity contribution in [3.05, 3.63) is 0 Å². The summed E-state index contributed by atoms with van der Waals surface area (Å²) in [5.74, 6) is 3.23. The summed E-state index contributed by atoms with van der Waals surface area (Å²) in [5.41, 5.74) is 0. The molecule has 14 heavy (non-hydrogen) atoms. The molecule has 0 N–H and O–H groups in total. The highest BCUT2D eigenvalue weighted by molar-refractivity contribution is 5.97. The third-order valence-corrected chi connectivity index (χ3v) is 3.17. The predicted octanol–water partition coefficient (Wildman–Crippen LogP) is 1.80. The smallest absolute Gasteiger partial charge is 0.210 e. The number of Topliss-reactive ketones (excluding diaryl/α,β-unsaturated/α-hetero) is 1. The van der Waals surface area contributed by atoms with Crippen LogP contribution in [0.1, 0.15) is 38.5 Å². The zero-order chi connectivity index (χ0) is 9.80. The van der Waals surface area contributed by atoms with Crippen LogP contribution in [-0.4, -0.2) is 23.8 Å². The lowest BCUT2D eigenvalue weighted by atomic mass is 9.82. The Morgan fingerprint density at radius 2 is 1.79 bits per heavy atom. The molecule has 0 spiro atoms. The first-order chi connectivity index (χ1) is 6.86. The summed E-state index contributed by atoms with van der Waals surface area (Å²) in [6.07, 6.45) is 7.11. The Labute approximate surface area is 85.7 Å². The molecule has 0 aromatic carbocycles. The molecule has 0 unspecified atom stereocenters. The van der Waals surface area contributed by atoms with E-state index in [9.17, 15) is 4.79 Å². The van der Waals surface area contributed by atoms with E-state index in [1.165, 1.54) is 25.7 Å². The van der Waals surface area contributed by atoms with Crippen molar-refractivity contribution in [2.75, 3.05) is 13.1 Å². The van der Waals surface area contributed by atoms with E-state index in [-0.39, 0.29) is 11.7 Å². The van der Waals surface area contributed by atoms with Gasteiger partial charge in [0.15, 0.2) is 0 Å². The molecule has 2 rings (SSSR count). The van der Waals surface area contributed by atoms with Crippen molar-refractivity contribution < 1.29 is 4.79 Å². The highest BCUT2D eigenvalue weighted by Crippen LogP contribution is 2.26. The van der Waals surface area contributed by atoms with Crippen LogP contribution in [0, 0.1) is 17.9 Å². The number of nitrogens with zero attached hydrogens (tertiary/aromatic N) is 1. The Morgan fingerprint density at radius 3 is 2.36 bits per heavy atom. The van der Waals surface area contributed by atoms with E-state index in [4.69, 9.17) is 0 Å². The van der Waals surface area contributed by atoms with E-state index in [0.717, 1.165) is 25.9 Å². The fourth-order valence-corrected chi connectivity index (χ4v) is 1.91. The zero-order valence-corrected chi connectivity index (χ0v) is 8.59. The van der Waals surface area contributed by atoms with Crippen molar-refractivity contribution in [2.45, 2.75) is 38.5 Å². The number of hydrogen-bond acceptors (Lipinski definition) is 2. The van der Waals surface area contributed by atoms with Crippen LogP contribution in [0.25, 0.3) is 0 Å². The summed E-state index contributed by atoms with van der Waals surface area (Å²) in [5, 5.41) is 0. The van der Waals surface area contributed by atoms with Gasteiger partial charge < -0.3 is 4.90 Å². The minimum absolute atomic E-state index is 0.168. The molecule has 0 atom stereocenters. The first-order valence-corrected chi connectivity index (χ1v) is 5.67. The van der Waals surface area contributed by atoms with E-state index in [1.807, 2.05) is 0 Å². The van der Waals surface area contributed by atoms with Crippen molar-refractivity contribution in [2.24, 2.45) is 5.92 Å². The highest BCUT2D eigenvalue weighted by atomic mass is 16.1. The van der Waals surface area contributed by atoms with Crippen LogP contribution in [0.3, 0.4) is 0 Å². The first-order valence-electron chi connectivity index (χ1n) is 5.67. The van der Waals surface area contributed by atoms with Gasteiger partial charge in [0, 0.05) is 25.1 Å². The number of carbonyl (C=O) groups is 1. The average Bonchev–Trinajstić information content (AvgIpc) is 2.14. The van der Waals surface area contributed by atoms with E-state index < -0.39 is 0 Å². The molecule has 2 heteroatoms. The number of piperidine rings is 1. The summed E-state index contributed by atoms with van der Waals surface area (Å²) < 4.78 is 0. The number of ketones is 1. The predicted molar refractivity (Wildman–Crippen MR) is 55.5 cm³/mol. The lowest BCUT2D eigenvalue weighted by Gasteiger charge is -2.23. The maximum atomic E-state index is 11.5. The lowest BCUT2D eigenvalue weighted by molar-refractivity contribution is -0.119. The van der Waals surface area contributed by atoms with Gasteiger partial charge in [-0.2, -0.15) is 0 Å². The van der Waals surface area contributed by atoms with Crippen LogP contribution in [0.4, 0.5) is 0 Å². The summed E-state index contributed by atoms with van der Waals surface area (Å²) in [4.78, 5) is 13.6. The Bertz CT molecular complexity index is 264. The van der Waals surface area contributed by atoms with Crippen LogP contribution in [-0.2, 0) is 4.79 Å². The van der Waals surface area contributed by atoms with Crippen LogP contribution >= 0.6 is 0 Å². The fourth-order valence-electron chi connectivity index (χ4n) is 1.91. The SMILES string of the molecule is O=C(C#CN1CCCCC1)C1CCC1. The van der Waals surface area contributed by atoms with Gasteiger partial charge >= 0.3 is 0 Å². The van der Waals surface area contributed by atoms with E-state index >= 15 is 0 Å². The molecule has 1 heterocycles. The van der Waals surface area contributed by atoms with Crippen LogP contribution in [0.15, 0.2) is 0 Å². The Morgan fingerprint density at radius 1 is 1.07 bits per heavy atom. The third kappa shape index (κ3) is 2.29. The minimum atomic E-state index is 0.168. The fraction of sp³-hybridized carbons (Fsp3) is 0.750. The Balaban J connectivity index is 1.81. The Hall–Kier alpha value is -0.970. The standard InChI is InChI=1S/C12H17NO/c14-12(11-5-4-6-11)7-10-13-8-2-1-3-9-13/h11H,1-6,8-9H2. The second-order valence-corrected chi connectivity index (χ2v) is 4.28. The van der Waals surface area contributed by atoms with Gasteiger partial charge in [0.25, 0.3) is 0 Å². The first kappa shape index (κ1) is 9.58.